The van der Waals surface area contributed by atoms with E-state index in [9.17, 15) is 19.7 Å². The first-order valence-corrected chi connectivity index (χ1v) is 11.3. The summed E-state index contributed by atoms with van der Waals surface area (Å²) in [6.07, 6.45) is 0. The minimum Gasteiger partial charge on any atom is -0.454 e. The number of hydrogen-bond acceptors (Lipinski definition) is 7. The lowest BCUT2D eigenvalue weighted by molar-refractivity contribution is -0.384. The lowest BCUT2D eigenvalue weighted by atomic mass is 9.97. The Morgan fingerprint density at radius 2 is 1.69 bits per heavy atom. The van der Waals surface area contributed by atoms with Crippen molar-refractivity contribution < 1.29 is 23.6 Å². The van der Waals surface area contributed by atoms with Crippen LogP contribution in [0, 0.1) is 24.0 Å². The molecule has 0 saturated carbocycles. The van der Waals surface area contributed by atoms with Gasteiger partial charge in [0.15, 0.2) is 16.9 Å². The monoisotopic (exact) mass is 484 g/mol. The molecule has 3 heterocycles. The molecule has 6 rings (SSSR count). The fraction of sp³-hybridized carbons (Fsp3) is 0.185. The molecule has 0 fully saturated rings. The van der Waals surface area contributed by atoms with E-state index < -0.39 is 16.9 Å². The molecule has 0 spiro atoms. The first-order chi connectivity index (χ1) is 17.3. The Balaban J connectivity index is 1.52. The van der Waals surface area contributed by atoms with Crippen LogP contribution >= 0.6 is 0 Å². The number of carbonyl (C=O) groups is 1. The van der Waals surface area contributed by atoms with Crippen molar-refractivity contribution in [3.05, 3.63) is 109 Å². The van der Waals surface area contributed by atoms with Crippen molar-refractivity contribution in [2.75, 3.05) is 6.79 Å². The number of aryl methyl sites for hydroxylation is 2. The summed E-state index contributed by atoms with van der Waals surface area (Å²) in [6, 6.07) is 14.0. The van der Waals surface area contributed by atoms with Crippen LogP contribution in [0.15, 0.2) is 63.8 Å². The number of rotatable bonds is 4. The molecular weight excluding hydrogens is 464 g/mol. The molecule has 0 bridgehead atoms. The van der Waals surface area contributed by atoms with E-state index in [1.807, 2.05) is 19.9 Å². The molecule has 1 atom stereocenters. The van der Waals surface area contributed by atoms with Crippen molar-refractivity contribution in [3.63, 3.8) is 0 Å². The maximum absolute atomic E-state index is 13.8. The summed E-state index contributed by atoms with van der Waals surface area (Å²) in [5.74, 6) is 0.757. The highest BCUT2D eigenvalue weighted by Crippen LogP contribution is 2.41. The first kappa shape index (κ1) is 21.8. The molecule has 1 unspecified atom stereocenters. The average molecular weight is 484 g/mol. The summed E-state index contributed by atoms with van der Waals surface area (Å²) in [4.78, 5) is 39.7. The lowest BCUT2D eigenvalue weighted by Crippen LogP contribution is -2.29. The van der Waals surface area contributed by atoms with Crippen LogP contribution in [-0.4, -0.2) is 22.5 Å². The van der Waals surface area contributed by atoms with Crippen molar-refractivity contribution in [2.24, 2.45) is 0 Å². The van der Waals surface area contributed by atoms with Crippen LogP contribution in [0.25, 0.3) is 11.0 Å². The van der Waals surface area contributed by atoms with Gasteiger partial charge in [-0.2, -0.15) is 0 Å². The molecule has 1 amide bonds. The number of fused-ring (bicyclic) bond motifs is 3. The van der Waals surface area contributed by atoms with Gasteiger partial charge in [0.25, 0.3) is 11.6 Å². The van der Waals surface area contributed by atoms with Crippen molar-refractivity contribution in [1.29, 1.82) is 0 Å². The van der Waals surface area contributed by atoms with E-state index in [1.165, 1.54) is 12.1 Å². The number of benzene rings is 3. The lowest BCUT2D eigenvalue weighted by Gasteiger charge is -2.25. The smallest absolute Gasteiger partial charge is 0.291 e. The van der Waals surface area contributed by atoms with Gasteiger partial charge in [0.2, 0.25) is 12.6 Å². The second-order valence-electron chi connectivity index (χ2n) is 8.98. The summed E-state index contributed by atoms with van der Waals surface area (Å²) < 4.78 is 16.9. The van der Waals surface area contributed by atoms with Gasteiger partial charge in [-0.15, -0.1) is 0 Å². The Kier molecular flexibility index (Phi) is 4.82. The van der Waals surface area contributed by atoms with Gasteiger partial charge in [-0.1, -0.05) is 6.07 Å². The zero-order valence-electron chi connectivity index (χ0n) is 19.4. The van der Waals surface area contributed by atoms with Crippen LogP contribution in [0.3, 0.4) is 0 Å². The van der Waals surface area contributed by atoms with Crippen LogP contribution in [0.5, 0.6) is 11.5 Å². The quantitative estimate of drug-likeness (QED) is 0.302. The zero-order chi connectivity index (χ0) is 25.1. The van der Waals surface area contributed by atoms with E-state index in [0.717, 1.165) is 16.7 Å². The third-order valence-electron chi connectivity index (χ3n) is 6.79. The van der Waals surface area contributed by atoms with Crippen molar-refractivity contribution in [3.8, 4) is 11.5 Å². The van der Waals surface area contributed by atoms with Crippen molar-refractivity contribution in [1.82, 2.24) is 4.90 Å². The maximum Gasteiger partial charge on any atom is 0.291 e. The standard InChI is InChI=1S/C27H20N2O7/c1-14-9-19-21(10-15(14)2)36-26-23(25(19)30)24(17-4-6-18(7-5-17)29(32)33)28(27(26)31)12-16-3-8-20-22(11-16)35-13-34-20/h3-11,24H,12-13H2,1-2H3. The molecule has 0 radical (unpaired) electrons. The number of nitrogens with zero attached hydrogens (tertiary/aromatic N) is 2. The van der Waals surface area contributed by atoms with Gasteiger partial charge >= 0.3 is 0 Å². The summed E-state index contributed by atoms with van der Waals surface area (Å²) in [5.41, 5.74) is 3.43. The number of amides is 1. The van der Waals surface area contributed by atoms with E-state index in [4.69, 9.17) is 13.9 Å². The molecule has 3 aromatic carbocycles. The van der Waals surface area contributed by atoms with E-state index in [2.05, 4.69) is 0 Å². The highest BCUT2D eigenvalue weighted by atomic mass is 16.7. The zero-order valence-corrected chi connectivity index (χ0v) is 19.4. The van der Waals surface area contributed by atoms with Gasteiger partial charge < -0.3 is 18.8 Å². The third kappa shape index (κ3) is 3.31. The second-order valence-corrected chi connectivity index (χ2v) is 8.98. The normalized spacial score (nSPS) is 16.0. The molecule has 1 aromatic heterocycles. The van der Waals surface area contributed by atoms with Gasteiger partial charge in [-0.25, -0.2) is 0 Å². The van der Waals surface area contributed by atoms with Gasteiger partial charge in [-0.3, -0.25) is 19.7 Å². The Morgan fingerprint density at radius 3 is 2.44 bits per heavy atom. The highest BCUT2D eigenvalue weighted by molar-refractivity contribution is 5.99. The summed E-state index contributed by atoms with van der Waals surface area (Å²) in [6.45, 7) is 4.11. The number of non-ortho nitro benzene ring substituents is 1. The van der Waals surface area contributed by atoms with Crippen LogP contribution < -0.4 is 14.9 Å². The SMILES string of the molecule is Cc1cc2oc3c(c(=O)c2cc1C)C(c1ccc([N+](=O)[O-])cc1)N(Cc1ccc2c(c1)OCO2)C3=O. The van der Waals surface area contributed by atoms with Crippen LogP contribution in [0.4, 0.5) is 5.69 Å². The Bertz CT molecular complexity index is 1640. The number of hydrogen-bond donors (Lipinski definition) is 0. The molecule has 0 aliphatic carbocycles. The number of carbonyl (C=O) groups excluding carboxylic acids is 1. The minimum absolute atomic E-state index is 0.0140. The van der Waals surface area contributed by atoms with E-state index in [-0.39, 0.29) is 35.8 Å². The van der Waals surface area contributed by atoms with E-state index in [1.54, 1.807) is 41.3 Å². The Labute approximate surface area is 204 Å². The predicted octanol–water partition coefficient (Wildman–Crippen LogP) is 4.79. The first-order valence-electron chi connectivity index (χ1n) is 11.3. The minimum atomic E-state index is -0.777. The third-order valence-corrected chi connectivity index (χ3v) is 6.79. The Morgan fingerprint density at radius 1 is 0.972 bits per heavy atom. The highest BCUT2D eigenvalue weighted by Gasteiger charge is 2.43. The molecule has 4 aromatic rings. The molecule has 9 heteroatoms. The molecule has 9 nitrogen and oxygen atoms in total. The summed E-state index contributed by atoms with van der Waals surface area (Å²) >= 11 is 0. The number of ether oxygens (including phenoxy) is 2. The fourth-order valence-electron chi connectivity index (χ4n) is 4.80. The van der Waals surface area contributed by atoms with Crippen LogP contribution in [-0.2, 0) is 6.54 Å². The molecule has 36 heavy (non-hydrogen) atoms. The molecule has 180 valence electrons. The molecule has 2 aliphatic rings. The van der Waals surface area contributed by atoms with E-state index in [0.29, 0.717) is 28.0 Å². The predicted molar refractivity (Wildman–Crippen MR) is 129 cm³/mol. The van der Waals surface area contributed by atoms with Crippen molar-refractivity contribution >= 4 is 22.6 Å². The molecule has 0 N–H and O–H groups in total. The summed E-state index contributed by atoms with van der Waals surface area (Å²) in [5, 5.41) is 11.6. The fourth-order valence-corrected chi connectivity index (χ4v) is 4.80. The topological polar surface area (TPSA) is 112 Å². The van der Waals surface area contributed by atoms with Gasteiger partial charge in [0.1, 0.15) is 5.58 Å². The molecule has 2 aliphatic heterocycles. The van der Waals surface area contributed by atoms with Gasteiger partial charge in [-0.05, 0) is 72.5 Å². The number of nitro benzene ring substituents is 1. The molecular formula is C27H20N2O7. The Hall–Kier alpha value is -4.66. The van der Waals surface area contributed by atoms with Gasteiger partial charge in [0, 0.05) is 18.7 Å². The largest absolute Gasteiger partial charge is 0.454 e. The summed E-state index contributed by atoms with van der Waals surface area (Å²) in [7, 11) is 0. The van der Waals surface area contributed by atoms with Crippen LogP contribution in [0.1, 0.15) is 44.4 Å². The maximum atomic E-state index is 13.8. The molecule has 0 saturated heterocycles. The number of nitro groups is 1. The second kappa shape index (κ2) is 7.94. The van der Waals surface area contributed by atoms with E-state index >= 15 is 0 Å². The average Bonchev–Trinajstić information content (AvgIpc) is 3.43. The van der Waals surface area contributed by atoms with Gasteiger partial charge in [0.05, 0.1) is 21.9 Å². The van der Waals surface area contributed by atoms with Crippen LogP contribution in [0.2, 0.25) is 0 Å². The van der Waals surface area contributed by atoms with Crippen molar-refractivity contribution in [2.45, 2.75) is 26.4 Å².